The molecule has 1 fully saturated rings. The second kappa shape index (κ2) is 6.44. The Balaban J connectivity index is 1.82. The molecule has 0 aromatic carbocycles. The average Bonchev–Trinajstić information content (AvgIpc) is 2.50. The SMILES string of the molecule is CC(C)Nc1nccc2cnc(NC3CCC(N)CC3)nc12. The Labute approximate surface area is 130 Å². The van der Waals surface area contributed by atoms with E-state index in [1.807, 2.05) is 12.3 Å². The van der Waals surface area contributed by atoms with Crippen LogP contribution in [0.1, 0.15) is 39.5 Å². The van der Waals surface area contributed by atoms with Gasteiger partial charge in [-0.3, -0.25) is 0 Å². The third-order valence-corrected chi connectivity index (χ3v) is 4.03. The van der Waals surface area contributed by atoms with Gasteiger partial charge in [-0.2, -0.15) is 0 Å². The van der Waals surface area contributed by atoms with Crippen LogP contribution in [0.25, 0.3) is 10.9 Å². The fourth-order valence-corrected chi connectivity index (χ4v) is 2.85. The fraction of sp³-hybridized carbons (Fsp3) is 0.562. The summed E-state index contributed by atoms with van der Waals surface area (Å²) in [5.74, 6) is 1.48. The smallest absolute Gasteiger partial charge is 0.223 e. The van der Waals surface area contributed by atoms with Crippen molar-refractivity contribution in [2.24, 2.45) is 5.73 Å². The van der Waals surface area contributed by atoms with E-state index in [2.05, 4.69) is 39.4 Å². The van der Waals surface area contributed by atoms with Crippen LogP contribution in [0.15, 0.2) is 18.5 Å². The van der Waals surface area contributed by atoms with Gasteiger partial charge >= 0.3 is 0 Å². The zero-order valence-electron chi connectivity index (χ0n) is 13.2. The van der Waals surface area contributed by atoms with Gasteiger partial charge in [-0.05, 0) is 45.6 Å². The van der Waals surface area contributed by atoms with Gasteiger partial charge in [-0.25, -0.2) is 15.0 Å². The molecule has 0 unspecified atom stereocenters. The van der Waals surface area contributed by atoms with Crippen molar-refractivity contribution in [2.45, 2.75) is 57.7 Å². The lowest BCUT2D eigenvalue weighted by Crippen LogP contribution is -2.33. The second-order valence-electron chi connectivity index (χ2n) is 6.35. The molecule has 1 aliphatic rings. The van der Waals surface area contributed by atoms with E-state index in [1.54, 1.807) is 6.20 Å². The summed E-state index contributed by atoms with van der Waals surface area (Å²) in [6.07, 6.45) is 7.91. The van der Waals surface area contributed by atoms with Crippen molar-refractivity contribution in [1.29, 1.82) is 0 Å². The molecule has 4 N–H and O–H groups in total. The molecular formula is C16H24N6. The number of rotatable bonds is 4. The van der Waals surface area contributed by atoms with Gasteiger partial charge in [0.2, 0.25) is 5.95 Å². The number of nitrogens with two attached hydrogens (primary N) is 1. The fourth-order valence-electron chi connectivity index (χ4n) is 2.85. The molecule has 0 saturated heterocycles. The van der Waals surface area contributed by atoms with Gasteiger partial charge in [0.05, 0.1) is 0 Å². The molecule has 6 heteroatoms. The quantitative estimate of drug-likeness (QED) is 0.804. The molecule has 3 rings (SSSR count). The molecule has 2 aromatic heterocycles. The molecule has 0 bridgehead atoms. The topological polar surface area (TPSA) is 88.8 Å². The minimum absolute atomic E-state index is 0.310. The maximum absolute atomic E-state index is 5.96. The highest BCUT2D eigenvalue weighted by molar-refractivity contribution is 5.88. The molecule has 2 aromatic rings. The number of anilines is 2. The summed E-state index contributed by atoms with van der Waals surface area (Å²) in [6, 6.07) is 3.01. The number of hydrogen-bond acceptors (Lipinski definition) is 6. The summed E-state index contributed by atoms with van der Waals surface area (Å²) in [4.78, 5) is 13.5. The van der Waals surface area contributed by atoms with E-state index in [0.717, 1.165) is 42.4 Å². The van der Waals surface area contributed by atoms with Gasteiger partial charge in [0.1, 0.15) is 5.52 Å². The van der Waals surface area contributed by atoms with E-state index in [0.29, 0.717) is 24.1 Å². The summed E-state index contributed by atoms with van der Waals surface area (Å²) in [7, 11) is 0. The van der Waals surface area contributed by atoms with Gasteiger partial charge in [-0.15, -0.1) is 0 Å². The lowest BCUT2D eigenvalue weighted by Gasteiger charge is -2.26. The summed E-state index contributed by atoms with van der Waals surface area (Å²) in [5.41, 5.74) is 6.82. The molecule has 0 amide bonds. The lowest BCUT2D eigenvalue weighted by molar-refractivity contribution is 0.410. The van der Waals surface area contributed by atoms with E-state index in [-0.39, 0.29) is 0 Å². The average molecular weight is 300 g/mol. The van der Waals surface area contributed by atoms with Gasteiger partial charge in [0, 0.05) is 35.9 Å². The Hall–Kier alpha value is -1.95. The van der Waals surface area contributed by atoms with E-state index < -0.39 is 0 Å². The van der Waals surface area contributed by atoms with Crippen molar-refractivity contribution in [2.75, 3.05) is 10.6 Å². The minimum Gasteiger partial charge on any atom is -0.366 e. The molecule has 6 nitrogen and oxygen atoms in total. The van der Waals surface area contributed by atoms with E-state index >= 15 is 0 Å². The Morgan fingerprint density at radius 1 is 1.18 bits per heavy atom. The summed E-state index contributed by atoms with van der Waals surface area (Å²) >= 11 is 0. The number of fused-ring (bicyclic) bond motifs is 1. The monoisotopic (exact) mass is 300 g/mol. The highest BCUT2D eigenvalue weighted by Crippen LogP contribution is 2.23. The number of hydrogen-bond donors (Lipinski definition) is 3. The third kappa shape index (κ3) is 3.44. The first-order valence-electron chi connectivity index (χ1n) is 8.02. The van der Waals surface area contributed by atoms with Gasteiger partial charge in [0.15, 0.2) is 5.82 Å². The maximum atomic E-state index is 5.96. The number of nitrogens with one attached hydrogen (secondary N) is 2. The number of aromatic nitrogens is 3. The highest BCUT2D eigenvalue weighted by atomic mass is 15.1. The number of pyridine rings is 1. The van der Waals surface area contributed by atoms with E-state index in [9.17, 15) is 0 Å². The third-order valence-electron chi connectivity index (χ3n) is 4.03. The minimum atomic E-state index is 0.310. The normalized spacial score (nSPS) is 22.0. The van der Waals surface area contributed by atoms with Crippen LogP contribution in [0.4, 0.5) is 11.8 Å². The van der Waals surface area contributed by atoms with Gasteiger partial charge < -0.3 is 16.4 Å². The van der Waals surface area contributed by atoms with Crippen molar-refractivity contribution in [3.8, 4) is 0 Å². The standard InChI is InChI=1S/C16H24N6/c1-10(2)20-15-14-11(7-8-18-15)9-19-16(22-14)21-13-5-3-12(17)4-6-13/h7-10,12-13H,3-6,17H2,1-2H3,(H,18,20)(H,19,21,22). The van der Waals surface area contributed by atoms with Crippen molar-refractivity contribution >= 4 is 22.7 Å². The Morgan fingerprint density at radius 3 is 2.68 bits per heavy atom. The summed E-state index contributed by atoms with van der Waals surface area (Å²) in [6.45, 7) is 4.18. The first-order chi connectivity index (χ1) is 10.6. The van der Waals surface area contributed by atoms with Crippen molar-refractivity contribution < 1.29 is 0 Å². The molecule has 1 aliphatic carbocycles. The summed E-state index contributed by atoms with van der Waals surface area (Å²) < 4.78 is 0. The van der Waals surface area contributed by atoms with E-state index in [1.165, 1.54) is 0 Å². The Bertz CT molecular complexity index is 634. The number of nitrogens with zero attached hydrogens (tertiary/aromatic N) is 3. The van der Waals surface area contributed by atoms with Crippen LogP contribution in [-0.2, 0) is 0 Å². The van der Waals surface area contributed by atoms with Crippen LogP contribution in [0, 0.1) is 0 Å². The van der Waals surface area contributed by atoms with Crippen LogP contribution in [0.3, 0.4) is 0 Å². The van der Waals surface area contributed by atoms with Crippen molar-refractivity contribution in [1.82, 2.24) is 15.0 Å². The molecule has 0 spiro atoms. The maximum Gasteiger partial charge on any atom is 0.223 e. The van der Waals surface area contributed by atoms with E-state index in [4.69, 9.17) is 5.73 Å². The first kappa shape index (κ1) is 15.0. The zero-order chi connectivity index (χ0) is 15.5. The van der Waals surface area contributed by atoms with Crippen LogP contribution in [0.5, 0.6) is 0 Å². The Kier molecular flexibility index (Phi) is 4.38. The van der Waals surface area contributed by atoms with Crippen molar-refractivity contribution in [3.63, 3.8) is 0 Å². The molecule has 1 saturated carbocycles. The molecule has 0 aliphatic heterocycles. The molecule has 22 heavy (non-hydrogen) atoms. The molecule has 118 valence electrons. The van der Waals surface area contributed by atoms with Gasteiger partial charge in [0.25, 0.3) is 0 Å². The summed E-state index contributed by atoms with van der Waals surface area (Å²) in [5, 5.41) is 7.77. The predicted octanol–water partition coefficient (Wildman–Crippen LogP) is 2.53. The lowest BCUT2D eigenvalue weighted by atomic mass is 9.92. The molecular weight excluding hydrogens is 276 g/mol. The van der Waals surface area contributed by atoms with Crippen molar-refractivity contribution in [3.05, 3.63) is 18.5 Å². The van der Waals surface area contributed by atoms with Crippen LogP contribution >= 0.6 is 0 Å². The van der Waals surface area contributed by atoms with Crippen LogP contribution in [0.2, 0.25) is 0 Å². The predicted molar refractivity (Wildman–Crippen MR) is 89.9 cm³/mol. The first-order valence-corrected chi connectivity index (χ1v) is 8.02. The second-order valence-corrected chi connectivity index (χ2v) is 6.35. The highest BCUT2D eigenvalue weighted by Gasteiger charge is 2.19. The zero-order valence-corrected chi connectivity index (χ0v) is 13.2. The Morgan fingerprint density at radius 2 is 1.95 bits per heavy atom. The molecule has 0 radical (unpaired) electrons. The molecule has 2 heterocycles. The van der Waals surface area contributed by atoms with Gasteiger partial charge in [-0.1, -0.05) is 0 Å². The van der Waals surface area contributed by atoms with Crippen LogP contribution in [-0.4, -0.2) is 33.1 Å². The largest absolute Gasteiger partial charge is 0.366 e. The van der Waals surface area contributed by atoms with Crippen LogP contribution < -0.4 is 16.4 Å². The molecule has 0 atom stereocenters.